The minimum absolute atomic E-state index is 0.0699. The molecule has 0 aliphatic rings. The van der Waals surface area contributed by atoms with Crippen molar-refractivity contribution in [3.8, 4) is 5.75 Å². The van der Waals surface area contributed by atoms with Gasteiger partial charge >= 0.3 is 0 Å². The summed E-state index contributed by atoms with van der Waals surface area (Å²) < 4.78 is 33.7. The lowest BCUT2D eigenvalue weighted by Gasteiger charge is -2.25. The van der Waals surface area contributed by atoms with E-state index in [0.29, 0.717) is 30.3 Å². The molecule has 0 saturated heterocycles. The van der Waals surface area contributed by atoms with Gasteiger partial charge in [-0.25, -0.2) is 8.42 Å². The number of halogens is 1. The van der Waals surface area contributed by atoms with Crippen molar-refractivity contribution >= 4 is 33.2 Å². The molecule has 0 aliphatic heterocycles. The Labute approximate surface area is 206 Å². The molecule has 0 fully saturated rings. The van der Waals surface area contributed by atoms with Crippen molar-refractivity contribution in [2.75, 3.05) is 24.0 Å². The van der Waals surface area contributed by atoms with Gasteiger partial charge in [0.25, 0.3) is 10.0 Å². The first kappa shape index (κ1) is 25.6. The van der Waals surface area contributed by atoms with E-state index in [2.05, 4.69) is 5.32 Å². The summed E-state index contributed by atoms with van der Waals surface area (Å²) in [7, 11) is -3.98. The summed E-state index contributed by atoms with van der Waals surface area (Å²) in [6.45, 7) is 4.43. The summed E-state index contributed by atoms with van der Waals surface area (Å²) in [5.74, 6) is 0.468. The van der Waals surface area contributed by atoms with Crippen LogP contribution in [0.25, 0.3) is 0 Å². The summed E-state index contributed by atoms with van der Waals surface area (Å²) in [5, 5.41) is 3.28. The summed E-state index contributed by atoms with van der Waals surface area (Å²) in [6, 6.07) is 20.8. The molecule has 3 aromatic rings. The highest BCUT2D eigenvalue weighted by Crippen LogP contribution is 2.27. The van der Waals surface area contributed by atoms with Gasteiger partial charge in [0.15, 0.2) is 0 Å². The molecule has 1 amide bonds. The number of carbonyl (C=O) groups is 1. The predicted molar refractivity (Wildman–Crippen MR) is 136 cm³/mol. The molecular weight excluding hydrogens is 472 g/mol. The zero-order valence-corrected chi connectivity index (χ0v) is 20.9. The van der Waals surface area contributed by atoms with E-state index in [1.54, 1.807) is 12.1 Å². The SMILES string of the molecule is CCOc1ccccc1CCCNC(=O)CN(c1ccccc1C)S(=O)(=O)c1ccc(Cl)cc1. The first-order chi connectivity index (χ1) is 16.3. The fourth-order valence-electron chi connectivity index (χ4n) is 3.58. The van der Waals surface area contributed by atoms with Crippen molar-refractivity contribution in [1.82, 2.24) is 5.32 Å². The molecule has 3 aromatic carbocycles. The van der Waals surface area contributed by atoms with Crippen molar-refractivity contribution < 1.29 is 17.9 Å². The van der Waals surface area contributed by atoms with E-state index < -0.39 is 10.0 Å². The topological polar surface area (TPSA) is 75.7 Å². The molecular formula is C26H29ClN2O4S. The van der Waals surface area contributed by atoms with E-state index in [4.69, 9.17) is 16.3 Å². The molecule has 180 valence electrons. The predicted octanol–water partition coefficient (Wildman–Crippen LogP) is 4.99. The van der Waals surface area contributed by atoms with Crippen molar-refractivity contribution in [2.45, 2.75) is 31.6 Å². The Balaban J connectivity index is 1.70. The van der Waals surface area contributed by atoms with Crippen LogP contribution in [-0.2, 0) is 21.2 Å². The maximum Gasteiger partial charge on any atom is 0.264 e. The minimum atomic E-state index is -3.98. The van der Waals surface area contributed by atoms with Crippen LogP contribution in [0, 0.1) is 6.92 Å². The Bertz CT molecular complexity index is 1210. The second kappa shape index (κ2) is 11.9. The molecule has 0 spiro atoms. The number of aryl methyl sites for hydroxylation is 2. The van der Waals surface area contributed by atoms with Crippen molar-refractivity contribution in [2.24, 2.45) is 0 Å². The Morgan fingerprint density at radius 3 is 2.38 bits per heavy atom. The smallest absolute Gasteiger partial charge is 0.264 e. The molecule has 0 bridgehead atoms. The van der Waals surface area contributed by atoms with E-state index in [9.17, 15) is 13.2 Å². The van der Waals surface area contributed by atoms with E-state index in [1.807, 2.05) is 50.2 Å². The van der Waals surface area contributed by atoms with Crippen LogP contribution in [0.2, 0.25) is 5.02 Å². The van der Waals surface area contributed by atoms with Crippen LogP contribution in [0.4, 0.5) is 5.69 Å². The van der Waals surface area contributed by atoms with Gasteiger partial charge in [0.1, 0.15) is 12.3 Å². The van der Waals surface area contributed by atoms with E-state index in [-0.39, 0.29) is 17.3 Å². The van der Waals surface area contributed by atoms with Crippen LogP contribution in [0.1, 0.15) is 24.5 Å². The van der Waals surface area contributed by atoms with Crippen LogP contribution in [0.15, 0.2) is 77.7 Å². The highest BCUT2D eigenvalue weighted by molar-refractivity contribution is 7.92. The zero-order chi connectivity index (χ0) is 24.6. The maximum absolute atomic E-state index is 13.4. The number of sulfonamides is 1. The standard InChI is InChI=1S/C26H29ClN2O4S/c1-3-33-25-13-7-5-10-21(25)11-8-18-28-26(30)19-29(24-12-6-4-9-20(24)2)34(31,32)23-16-14-22(27)15-17-23/h4-7,9-10,12-17H,3,8,11,18-19H2,1-2H3,(H,28,30). The third-order valence-electron chi connectivity index (χ3n) is 5.29. The number of amides is 1. The summed E-state index contributed by atoms with van der Waals surface area (Å²) in [4.78, 5) is 12.9. The third-order valence-corrected chi connectivity index (χ3v) is 7.32. The molecule has 6 nitrogen and oxygen atoms in total. The Morgan fingerprint density at radius 1 is 1.00 bits per heavy atom. The van der Waals surface area contributed by atoms with Gasteiger partial charge in [0, 0.05) is 11.6 Å². The number of hydrogen-bond donors (Lipinski definition) is 1. The first-order valence-corrected chi connectivity index (χ1v) is 13.0. The Kier molecular flexibility index (Phi) is 8.96. The van der Waals surface area contributed by atoms with Crippen LogP contribution in [0.3, 0.4) is 0 Å². The number of para-hydroxylation sites is 2. The number of nitrogens with one attached hydrogen (secondary N) is 1. The molecule has 0 radical (unpaired) electrons. The molecule has 0 aliphatic carbocycles. The Morgan fingerprint density at radius 2 is 1.68 bits per heavy atom. The number of hydrogen-bond acceptors (Lipinski definition) is 4. The highest BCUT2D eigenvalue weighted by atomic mass is 35.5. The summed E-state index contributed by atoms with van der Waals surface area (Å²) in [6.07, 6.45) is 1.44. The fourth-order valence-corrected chi connectivity index (χ4v) is 5.19. The second-order valence-electron chi connectivity index (χ2n) is 7.75. The summed E-state index contributed by atoms with van der Waals surface area (Å²) in [5.41, 5.74) is 2.28. The van der Waals surface area contributed by atoms with Crippen molar-refractivity contribution in [3.63, 3.8) is 0 Å². The summed E-state index contributed by atoms with van der Waals surface area (Å²) >= 11 is 5.93. The van der Waals surface area contributed by atoms with E-state index in [1.165, 1.54) is 24.3 Å². The molecule has 34 heavy (non-hydrogen) atoms. The van der Waals surface area contributed by atoms with Crippen LogP contribution in [0.5, 0.6) is 5.75 Å². The van der Waals surface area contributed by atoms with Crippen LogP contribution in [-0.4, -0.2) is 34.0 Å². The van der Waals surface area contributed by atoms with Crippen LogP contribution >= 0.6 is 11.6 Å². The van der Waals surface area contributed by atoms with Crippen molar-refractivity contribution in [3.05, 3.63) is 88.9 Å². The number of benzene rings is 3. The normalized spacial score (nSPS) is 11.1. The fraction of sp³-hybridized carbons (Fsp3) is 0.269. The number of anilines is 1. The monoisotopic (exact) mass is 500 g/mol. The zero-order valence-electron chi connectivity index (χ0n) is 19.3. The van der Waals surface area contributed by atoms with Crippen molar-refractivity contribution in [1.29, 1.82) is 0 Å². The quantitative estimate of drug-likeness (QED) is 0.376. The third kappa shape index (κ3) is 6.52. The van der Waals surface area contributed by atoms with Gasteiger partial charge in [-0.05, 0) is 74.2 Å². The molecule has 1 N–H and O–H groups in total. The molecule has 0 saturated carbocycles. The number of carbonyl (C=O) groups excluding carboxylic acids is 1. The number of ether oxygens (including phenoxy) is 1. The molecule has 3 rings (SSSR count). The number of rotatable bonds is 11. The van der Waals surface area contributed by atoms with Gasteiger partial charge in [-0.15, -0.1) is 0 Å². The van der Waals surface area contributed by atoms with Gasteiger partial charge < -0.3 is 10.1 Å². The van der Waals surface area contributed by atoms with Crippen LogP contribution < -0.4 is 14.4 Å². The lowest BCUT2D eigenvalue weighted by molar-refractivity contribution is -0.119. The van der Waals surface area contributed by atoms with E-state index in [0.717, 1.165) is 27.6 Å². The molecule has 0 aromatic heterocycles. The maximum atomic E-state index is 13.4. The molecule has 8 heteroatoms. The largest absolute Gasteiger partial charge is 0.494 e. The van der Waals surface area contributed by atoms with Gasteiger partial charge in [0.2, 0.25) is 5.91 Å². The average molecular weight is 501 g/mol. The Hall–Kier alpha value is -3.03. The molecule has 0 atom stereocenters. The average Bonchev–Trinajstić information content (AvgIpc) is 2.82. The van der Waals surface area contributed by atoms with Gasteiger partial charge in [-0.3, -0.25) is 9.10 Å². The van der Waals surface area contributed by atoms with Gasteiger partial charge in [-0.2, -0.15) is 0 Å². The lowest BCUT2D eigenvalue weighted by atomic mass is 10.1. The minimum Gasteiger partial charge on any atom is -0.494 e. The first-order valence-electron chi connectivity index (χ1n) is 11.1. The van der Waals surface area contributed by atoms with Gasteiger partial charge in [-0.1, -0.05) is 48.0 Å². The second-order valence-corrected chi connectivity index (χ2v) is 10.0. The van der Waals surface area contributed by atoms with E-state index >= 15 is 0 Å². The highest BCUT2D eigenvalue weighted by Gasteiger charge is 2.28. The van der Waals surface area contributed by atoms with Gasteiger partial charge in [0.05, 0.1) is 17.2 Å². The lowest BCUT2D eigenvalue weighted by Crippen LogP contribution is -2.41. The molecule has 0 heterocycles. The number of nitrogens with zero attached hydrogens (tertiary/aromatic N) is 1. The molecule has 0 unspecified atom stereocenters.